The first-order valence-electron chi connectivity index (χ1n) is 11.5. The number of hydrogen-bond donors (Lipinski definition) is 2. The molecule has 1 heterocycles. The van der Waals surface area contributed by atoms with Crippen molar-refractivity contribution < 1.29 is 27.1 Å². The smallest absolute Gasteiger partial charge is 0.264 e. The Morgan fingerprint density at radius 1 is 0.972 bits per heavy atom. The maximum absolute atomic E-state index is 13.4. The molecule has 188 valence electrons. The van der Waals surface area contributed by atoms with Gasteiger partial charge in [0.1, 0.15) is 12.4 Å². The van der Waals surface area contributed by atoms with Gasteiger partial charge < -0.3 is 15.4 Å². The summed E-state index contributed by atoms with van der Waals surface area (Å²) >= 11 is 0. The van der Waals surface area contributed by atoms with Gasteiger partial charge in [-0.1, -0.05) is 30.3 Å². The minimum Gasteiger partial charge on any atom is -0.376 e. The highest BCUT2D eigenvalue weighted by Crippen LogP contribution is 2.24. The van der Waals surface area contributed by atoms with Gasteiger partial charge in [-0.3, -0.25) is 13.9 Å². The summed E-state index contributed by atoms with van der Waals surface area (Å²) in [5.41, 5.74) is 0.760. The first-order chi connectivity index (χ1) is 17.3. The average molecular weight is 512 g/mol. The molecule has 1 fully saturated rings. The number of halogens is 1. The number of ether oxygens (including phenoxy) is 1. The number of hydrogen-bond acceptors (Lipinski definition) is 5. The molecule has 8 nitrogen and oxygen atoms in total. The molecule has 1 aliphatic heterocycles. The first-order valence-corrected chi connectivity index (χ1v) is 12.9. The van der Waals surface area contributed by atoms with Gasteiger partial charge in [0.2, 0.25) is 5.91 Å². The Bertz CT molecular complexity index is 1310. The van der Waals surface area contributed by atoms with Gasteiger partial charge in [-0.05, 0) is 61.4 Å². The van der Waals surface area contributed by atoms with Crippen molar-refractivity contribution in [1.29, 1.82) is 0 Å². The van der Waals surface area contributed by atoms with Crippen LogP contribution in [0.2, 0.25) is 0 Å². The maximum Gasteiger partial charge on any atom is 0.264 e. The Labute approximate surface area is 209 Å². The van der Waals surface area contributed by atoms with E-state index < -0.39 is 28.3 Å². The molecular formula is C26H26FN3O5S. The zero-order chi connectivity index (χ0) is 25.5. The lowest BCUT2D eigenvalue weighted by Gasteiger charge is -2.24. The Morgan fingerprint density at radius 2 is 1.67 bits per heavy atom. The lowest BCUT2D eigenvalue weighted by atomic mass is 10.1. The molecule has 0 aliphatic carbocycles. The highest BCUT2D eigenvalue weighted by Gasteiger charge is 2.28. The van der Waals surface area contributed by atoms with Crippen molar-refractivity contribution in [3.8, 4) is 0 Å². The molecule has 2 amide bonds. The summed E-state index contributed by atoms with van der Waals surface area (Å²) in [6.45, 7) is 0.473. The van der Waals surface area contributed by atoms with E-state index in [9.17, 15) is 22.4 Å². The van der Waals surface area contributed by atoms with Crippen LogP contribution in [0.1, 0.15) is 23.2 Å². The normalized spacial score (nSPS) is 15.3. The third kappa shape index (κ3) is 6.07. The number of carbonyl (C=O) groups is 2. The van der Waals surface area contributed by atoms with Gasteiger partial charge in [0, 0.05) is 13.2 Å². The third-order valence-corrected chi connectivity index (χ3v) is 7.48. The van der Waals surface area contributed by atoms with Crippen molar-refractivity contribution in [1.82, 2.24) is 5.32 Å². The van der Waals surface area contributed by atoms with Gasteiger partial charge >= 0.3 is 0 Å². The Hall–Kier alpha value is -3.76. The predicted molar refractivity (Wildman–Crippen MR) is 134 cm³/mol. The monoisotopic (exact) mass is 511 g/mol. The highest BCUT2D eigenvalue weighted by molar-refractivity contribution is 7.92. The molecule has 0 unspecified atom stereocenters. The van der Waals surface area contributed by atoms with Crippen LogP contribution in [0.25, 0.3) is 0 Å². The molecule has 1 aliphatic rings. The highest BCUT2D eigenvalue weighted by atomic mass is 32.2. The van der Waals surface area contributed by atoms with E-state index in [1.54, 1.807) is 54.6 Å². The summed E-state index contributed by atoms with van der Waals surface area (Å²) in [5, 5.41) is 5.47. The van der Waals surface area contributed by atoms with Crippen molar-refractivity contribution in [2.45, 2.75) is 23.8 Å². The van der Waals surface area contributed by atoms with Crippen LogP contribution in [-0.4, -0.2) is 46.0 Å². The van der Waals surface area contributed by atoms with Gasteiger partial charge in [-0.15, -0.1) is 0 Å². The van der Waals surface area contributed by atoms with Crippen LogP contribution in [0.4, 0.5) is 15.8 Å². The fourth-order valence-corrected chi connectivity index (χ4v) is 5.28. The number of carbonyl (C=O) groups excluding carboxylic acids is 2. The molecule has 3 aromatic rings. The first kappa shape index (κ1) is 25.3. The number of sulfonamides is 1. The molecule has 4 rings (SSSR count). The molecule has 0 bridgehead atoms. The van der Waals surface area contributed by atoms with Gasteiger partial charge in [-0.2, -0.15) is 0 Å². The number of rotatable bonds is 9. The van der Waals surface area contributed by atoms with Gasteiger partial charge in [-0.25, -0.2) is 12.8 Å². The molecule has 1 saturated heterocycles. The molecule has 36 heavy (non-hydrogen) atoms. The SMILES string of the molecule is O=C(CN(c1ccccc1)S(=O)(=O)c1ccc(F)cc1)Nc1ccccc1C(=O)NC[C@@H]1CCCO1. The number of anilines is 2. The van der Waals surface area contributed by atoms with Crippen LogP contribution in [0.5, 0.6) is 0 Å². The van der Waals surface area contributed by atoms with E-state index in [0.717, 1.165) is 41.4 Å². The van der Waals surface area contributed by atoms with E-state index in [-0.39, 0.29) is 33.8 Å². The molecule has 0 spiro atoms. The molecule has 10 heteroatoms. The summed E-state index contributed by atoms with van der Waals surface area (Å²) < 4.78 is 46.6. The van der Waals surface area contributed by atoms with Crippen LogP contribution >= 0.6 is 0 Å². The third-order valence-electron chi connectivity index (χ3n) is 5.69. The van der Waals surface area contributed by atoms with Crippen molar-refractivity contribution in [3.63, 3.8) is 0 Å². The Morgan fingerprint density at radius 3 is 2.36 bits per heavy atom. The summed E-state index contributed by atoms with van der Waals surface area (Å²) in [7, 11) is -4.19. The molecular weight excluding hydrogens is 485 g/mol. The van der Waals surface area contributed by atoms with E-state index in [0.29, 0.717) is 13.2 Å². The lowest BCUT2D eigenvalue weighted by molar-refractivity contribution is -0.114. The van der Waals surface area contributed by atoms with Crippen molar-refractivity contribution in [3.05, 3.63) is 90.2 Å². The van der Waals surface area contributed by atoms with Crippen LogP contribution in [0, 0.1) is 5.82 Å². The van der Waals surface area contributed by atoms with E-state index in [1.165, 1.54) is 0 Å². The summed E-state index contributed by atoms with van der Waals surface area (Å²) in [6, 6.07) is 19.0. The summed E-state index contributed by atoms with van der Waals surface area (Å²) in [6.07, 6.45) is 1.79. The van der Waals surface area contributed by atoms with E-state index in [4.69, 9.17) is 4.74 Å². The number of nitrogens with one attached hydrogen (secondary N) is 2. The quantitative estimate of drug-likeness (QED) is 0.457. The minimum atomic E-state index is -4.19. The number of amides is 2. The van der Waals surface area contributed by atoms with Crippen molar-refractivity contribution in [2.75, 3.05) is 29.3 Å². The minimum absolute atomic E-state index is 0.0354. The maximum atomic E-state index is 13.4. The average Bonchev–Trinajstić information content (AvgIpc) is 3.41. The summed E-state index contributed by atoms with van der Waals surface area (Å²) in [4.78, 5) is 25.6. The second-order valence-electron chi connectivity index (χ2n) is 8.24. The van der Waals surface area contributed by atoms with E-state index >= 15 is 0 Å². The van der Waals surface area contributed by atoms with Gasteiger partial charge in [0.05, 0.1) is 27.9 Å². The van der Waals surface area contributed by atoms with Crippen LogP contribution < -0.4 is 14.9 Å². The predicted octanol–water partition coefficient (Wildman–Crippen LogP) is 3.57. The topological polar surface area (TPSA) is 105 Å². The second-order valence-corrected chi connectivity index (χ2v) is 10.1. The van der Waals surface area contributed by atoms with E-state index in [2.05, 4.69) is 10.6 Å². The number of nitrogens with zero attached hydrogens (tertiary/aromatic N) is 1. The zero-order valence-electron chi connectivity index (χ0n) is 19.4. The lowest BCUT2D eigenvalue weighted by Crippen LogP contribution is -2.38. The van der Waals surface area contributed by atoms with Gasteiger partial charge in [0.15, 0.2) is 0 Å². The number of para-hydroxylation sites is 2. The Kier molecular flexibility index (Phi) is 7.97. The van der Waals surface area contributed by atoms with Gasteiger partial charge in [0.25, 0.3) is 15.9 Å². The molecule has 0 aromatic heterocycles. The van der Waals surface area contributed by atoms with Crippen molar-refractivity contribution in [2.24, 2.45) is 0 Å². The van der Waals surface area contributed by atoms with E-state index in [1.807, 2.05) is 0 Å². The fraction of sp³-hybridized carbons (Fsp3) is 0.231. The molecule has 1 atom stereocenters. The fourth-order valence-electron chi connectivity index (χ4n) is 3.86. The van der Waals surface area contributed by atoms with Crippen molar-refractivity contribution >= 4 is 33.2 Å². The molecule has 3 aromatic carbocycles. The molecule has 2 N–H and O–H groups in total. The standard InChI is InChI=1S/C26H26FN3O5S/c27-19-12-14-22(15-13-19)36(33,34)30(20-7-2-1-3-8-20)18-25(31)29-24-11-5-4-10-23(24)26(32)28-17-21-9-6-16-35-21/h1-5,7-8,10-15,21H,6,9,16-18H2,(H,28,32)(H,29,31)/t21-/m0/s1. The second kappa shape index (κ2) is 11.3. The summed E-state index contributed by atoms with van der Waals surface area (Å²) in [5.74, 6) is -1.60. The molecule has 0 radical (unpaired) electrons. The van der Waals surface area contributed by atoms with Crippen LogP contribution in [0.3, 0.4) is 0 Å². The molecule has 0 saturated carbocycles. The zero-order valence-corrected chi connectivity index (χ0v) is 20.2. The largest absolute Gasteiger partial charge is 0.376 e. The van der Waals surface area contributed by atoms with Crippen LogP contribution in [0.15, 0.2) is 83.8 Å². The Balaban J connectivity index is 1.53. The van der Waals surface area contributed by atoms with Crippen LogP contribution in [-0.2, 0) is 19.6 Å². The number of benzene rings is 3.